The summed E-state index contributed by atoms with van der Waals surface area (Å²) < 4.78 is 5.33. The Morgan fingerprint density at radius 2 is 1.51 bits per heavy atom. The Kier molecular flexibility index (Phi) is 12.9. The van der Waals surface area contributed by atoms with Crippen LogP contribution >= 0.6 is 0 Å². The van der Waals surface area contributed by atoms with Gasteiger partial charge in [0, 0.05) is 6.42 Å². The van der Waals surface area contributed by atoms with Crippen LogP contribution in [0, 0.1) is 5.92 Å². The molecule has 0 bridgehead atoms. The third-order valence-corrected chi connectivity index (χ3v) is 6.25. The molecule has 37 heavy (non-hydrogen) atoms. The van der Waals surface area contributed by atoms with Crippen molar-refractivity contribution >= 4 is 12.0 Å². The molecule has 2 aromatic carbocycles. The zero-order valence-corrected chi connectivity index (χ0v) is 22.7. The molecule has 1 aliphatic rings. The van der Waals surface area contributed by atoms with Gasteiger partial charge >= 0.3 is 6.09 Å². The first kappa shape index (κ1) is 30.1. The van der Waals surface area contributed by atoms with E-state index in [0.29, 0.717) is 12.8 Å². The number of nitrogens with two attached hydrogens (primary N) is 1. The molecule has 202 valence electrons. The highest BCUT2D eigenvalue weighted by molar-refractivity contribution is 5.86. The molecule has 0 aromatic heterocycles. The van der Waals surface area contributed by atoms with Gasteiger partial charge in [0.1, 0.15) is 11.6 Å². The summed E-state index contributed by atoms with van der Waals surface area (Å²) in [6.45, 7) is 10.1. The summed E-state index contributed by atoms with van der Waals surface area (Å²) in [6.07, 6.45) is 9.12. The van der Waals surface area contributed by atoms with Crippen LogP contribution in [0.15, 0.2) is 73.3 Å². The van der Waals surface area contributed by atoms with Gasteiger partial charge in [-0.15, -0.1) is 6.58 Å². The van der Waals surface area contributed by atoms with Gasteiger partial charge in [0.05, 0.1) is 6.04 Å². The maximum absolute atomic E-state index is 13.0. The number of benzene rings is 2. The summed E-state index contributed by atoms with van der Waals surface area (Å²) in [5.41, 5.74) is 6.81. The van der Waals surface area contributed by atoms with E-state index in [-0.39, 0.29) is 11.9 Å². The van der Waals surface area contributed by atoms with Crippen LogP contribution in [-0.4, -0.2) is 36.2 Å². The lowest BCUT2D eigenvalue weighted by Crippen LogP contribution is -2.51. The highest BCUT2D eigenvalue weighted by Gasteiger charge is 2.26. The minimum atomic E-state index is -0.759. The van der Waals surface area contributed by atoms with Crippen molar-refractivity contribution < 1.29 is 14.3 Å². The molecular formula is C31H45N3O3. The number of amides is 2. The van der Waals surface area contributed by atoms with Crippen molar-refractivity contribution in [1.82, 2.24) is 10.6 Å². The number of hydrogen-bond donors (Lipinski definition) is 3. The normalized spacial score (nSPS) is 15.0. The first-order chi connectivity index (χ1) is 17.7. The van der Waals surface area contributed by atoms with Crippen LogP contribution in [0.1, 0.15) is 64.0 Å². The maximum Gasteiger partial charge on any atom is 0.408 e. The molecule has 6 heteroatoms. The zero-order chi connectivity index (χ0) is 27.1. The van der Waals surface area contributed by atoms with Crippen molar-refractivity contribution in [2.45, 2.75) is 83.4 Å². The fraction of sp³-hybridized carbons (Fsp3) is 0.484. The second kappa shape index (κ2) is 15.9. The van der Waals surface area contributed by atoms with E-state index >= 15 is 0 Å². The predicted octanol–water partition coefficient (Wildman–Crippen LogP) is 5.56. The minimum Gasteiger partial charge on any atom is -0.444 e. The lowest BCUT2D eigenvalue weighted by atomic mass is 10.0. The van der Waals surface area contributed by atoms with Crippen LogP contribution in [0.5, 0.6) is 0 Å². The Morgan fingerprint density at radius 1 is 0.973 bits per heavy atom. The number of ether oxygens (including phenoxy) is 1. The molecular weight excluding hydrogens is 462 g/mol. The van der Waals surface area contributed by atoms with Gasteiger partial charge in [-0.05, 0) is 57.2 Å². The summed E-state index contributed by atoms with van der Waals surface area (Å²) in [5, 5.41) is 5.68. The van der Waals surface area contributed by atoms with Crippen LogP contribution in [0.25, 0.3) is 0 Å². The van der Waals surface area contributed by atoms with E-state index in [1.54, 1.807) is 26.8 Å². The SMILES string of the molecule is C=CC(Cc1ccccc1)NC(=O)[C@H](Cc1ccccc1)NC(=O)OC(C)(C)C.NCCC1CCCC1. The maximum atomic E-state index is 13.0. The summed E-state index contributed by atoms with van der Waals surface area (Å²) >= 11 is 0. The van der Waals surface area contributed by atoms with Gasteiger partial charge in [-0.25, -0.2) is 4.79 Å². The van der Waals surface area contributed by atoms with Crippen LogP contribution in [-0.2, 0) is 22.4 Å². The van der Waals surface area contributed by atoms with E-state index in [1.807, 2.05) is 60.7 Å². The van der Waals surface area contributed by atoms with Crippen LogP contribution < -0.4 is 16.4 Å². The third-order valence-electron chi connectivity index (χ3n) is 6.25. The lowest BCUT2D eigenvalue weighted by Gasteiger charge is -2.25. The van der Waals surface area contributed by atoms with Gasteiger partial charge in [-0.3, -0.25) is 4.79 Å². The number of hydrogen-bond acceptors (Lipinski definition) is 4. The predicted molar refractivity (Wildman–Crippen MR) is 151 cm³/mol. The summed E-state index contributed by atoms with van der Waals surface area (Å²) in [4.78, 5) is 25.3. The van der Waals surface area contributed by atoms with Gasteiger partial charge < -0.3 is 21.1 Å². The van der Waals surface area contributed by atoms with E-state index in [9.17, 15) is 9.59 Å². The third kappa shape index (κ3) is 12.6. The first-order valence-electron chi connectivity index (χ1n) is 13.4. The molecule has 0 spiro atoms. The standard InChI is InChI=1S/C24H30N2O3.C7H15N/c1-5-20(16-18-12-8-6-9-13-18)25-22(27)21(17-19-14-10-7-11-15-19)26-23(28)29-24(2,3)4;8-6-5-7-3-1-2-4-7/h5-15,20-21H,1,16-17H2,2-4H3,(H,25,27)(H,26,28);7H,1-6,8H2/t20?,21-;/m0./s1. The Balaban J connectivity index is 0.000000510. The number of rotatable bonds is 10. The minimum absolute atomic E-state index is 0.247. The average molecular weight is 508 g/mol. The summed E-state index contributed by atoms with van der Waals surface area (Å²) in [6, 6.07) is 18.4. The smallest absolute Gasteiger partial charge is 0.408 e. The van der Waals surface area contributed by atoms with Gasteiger partial charge in [0.15, 0.2) is 0 Å². The second-order valence-electron chi connectivity index (χ2n) is 10.7. The molecule has 2 atom stereocenters. The van der Waals surface area contributed by atoms with E-state index in [1.165, 1.54) is 32.1 Å². The van der Waals surface area contributed by atoms with Crippen molar-refractivity contribution in [1.29, 1.82) is 0 Å². The Hall–Kier alpha value is -3.12. The van der Waals surface area contributed by atoms with Crippen molar-refractivity contribution in [3.63, 3.8) is 0 Å². The molecule has 2 aromatic rings. The van der Waals surface area contributed by atoms with Crippen molar-refractivity contribution in [2.24, 2.45) is 11.7 Å². The van der Waals surface area contributed by atoms with Gasteiger partial charge in [-0.1, -0.05) is 92.4 Å². The molecule has 0 heterocycles. The van der Waals surface area contributed by atoms with Gasteiger partial charge in [0.2, 0.25) is 5.91 Å². The highest BCUT2D eigenvalue weighted by Crippen LogP contribution is 2.26. The Morgan fingerprint density at radius 3 is 2.00 bits per heavy atom. The largest absolute Gasteiger partial charge is 0.444 e. The fourth-order valence-electron chi connectivity index (χ4n) is 4.39. The number of carbonyl (C=O) groups is 2. The zero-order valence-electron chi connectivity index (χ0n) is 22.7. The Labute approximate surface area is 223 Å². The second-order valence-corrected chi connectivity index (χ2v) is 10.7. The number of carbonyl (C=O) groups excluding carboxylic acids is 2. The van der Waals surface area contributed by atoms with E-state index in [0.717, 1.165) is 23.6 Å². The number of nitrogens with one attached hydrogen (secondary N) is 2. The van der Waals surface area contributed by atoms with Crippen molar-refractivity contribution in [3.05, 3.63) is 84.4 Å². The number of alkyl carbamates (subject to hydrolysis) is 1. The molecule has 3 rings (SSSR count). The molecule has 6 nitrogen and oxygen atoms in total. The van der Waals surface area contributed by atoms with Gasteiger partial charge in [-0.2, -0.15) is 0 Å². The molecule has 0 aliphatic heterocycles. The molecule has 0 saturated heterocycles. The van der Waals surface area contributed by atoms with Crippen LogP contribution in [0.4, 0.5) is 4.79 Å². The average Bonchev–Trinajstić information content (AvgIpc) is 3.37. The van der Waals surface area contributed by atoms with E-state index in [2.05, 4.69) is 17.2 Å². The highest BCUT2D eigenvalue weighted by atomic mass is 16.6. The fourth-order valence-corrected chi connectivity index (χ4v) is 4.39. The van der Waals surface area contributed by atoms with Crippen molar-refractivity contribution in [3.8, 4) is 0 Å². The molecule has 4 N–H and O–H groups in total. The first-order valence-corrected chi connectivity index (χ1v) is 13.4. The van der Waals surface area contributed by atoms with Crippen LogP contribution in [0.2, 0.25) is 0 Å². The summed E-state index contributed by atoms with van der Waals surface area (Å²) in [7, 11) is 0. The quantitative estimate of drug-likeness (QED) is 0.367. The van der Waals surface area contributed by atoms with E-state index < -0.39 is 17.7 Å². The lowest BCUT2D eigenvalue weighted by molar-refractivity contribution is -0.123. The molecule has 0 radical (unpaired) electrons. The topological polar surface area (TPSA) is 93.5 Å². The van der Waals surface area contributed by atoms with E-state index in [4.69, 9.17) is 10.5 Å². The Bertz CT molecular complexity index is 935. The summed E-state index contributed by atoms with van der Waals surface area (Å²) in [5.74, 6) is 0.709. The molecule has 1 aliphatic carbocycles. The molecule has 1 saturated carbocycles. The molecule has 1 fully saturated rings. The molecule has 1 unspecified atom stereocenters. The van der Waals surface area contributed by atoms with Crippen LogP contribution in [0.3, 0.4) is 0 Å². The van der Waals surface area contributed by atoms with Crippen molar-refractivity contribution in [2.75, 3.05) is 6.54 Å². The monoisotopic (exact) mass is 507 g/mol. The molecule has 2 amide bonds. The van der Waals surface area contributed by atoms with Gasteiger partial charge in [0.25, 0.3) is 0 Å².